The first kappa shape index (κ1) is 32.3. The van der Waals surface area contributed by atoms with Crippen molar-refractivity contribution in [1.82, 2.24) is 34.9 Å². The Morgan fingerprint density at radius 3 is 2.07 bits per heavy atom. The van der Waals surface area contributed by atoms with Crippen molar-refractivity contribution < 1.29 is 27.8 Å². The molecule has 3 N–H and O–H groups in total. The molecule has 226 valence electrons. The molecule has 41 heavy (non-hydrogen) atoms. The van der Waals surface area contributed by atoms with Crippen molar-refractivity contribution >= 4 is 16.0 Å². The van der Waals surface area contributed by atoms with Gasteiger partial charge in [0.2, 0.25) is 10.0 Å². The zero-order chi connectivity index (χ0) is 30.4. The van der Waals surface area contributed by atoms with Crippen LogP contribution in [-0.2, 0) is 56.9 Å². The van der Waals surface area contributed by atoms with Gasteiger partial charge in [0.25, 0.3) is 0 Å². The summed E-state index contributed by atoms with van der Waals surface area (Å²) in [6.45, 7) is 12.4. The Morgan fingerprint density at radius 1 is 0.976 bits per heavy atom. The molecule has 3 rings (SSSR count). The van der Waals surface area contributed by atoms with Crippen LogP contribution in [0.4, 0.5) is 0 Å². The second-order valence-corrected chi connectivity index (χ2v) is 13.3. The molecule has 3 aromatic rings. The molecule has 0 aliphatic carbocycles. The largest absolute Gasteiger partial charge is 0.459 e. The van der Waals surface area contributed by atoms with Crippen molar-refractivity contribution in [3.05, 3.63) is 53.6 Å². The minimum absolute atomic E-state index is 0.0500. The topological polar surface area (TPSA) is 181 Å². The van der Waals surface area contributed by atoms with Gasteiger partial charge < -0.3 is 14.6 Å². The molecule has 1 aromatic carbocycles. The number of aliphatic hydroxyl groups is 1. The first-order valence-corrected chi connectivity index (χ1v) is 14.7. The lowest BCUT2D eigenvalue weighted by atomic mass is 10.1. The van der Waals surface area contributed by atoms with Gasteiger partial charge in [-0.1, -0.05) is 22.6 Å². The maximum atomic E-state index is 12.2. The van der Waals surface area contributed by atoms with Crippen molar-refractivity contribution in [3.63, 3.8) is 0 Å². The van der Waals surface area contributed by atoms with Gasteiger partial charge in [0.1, 0.15) is 12.1 Å². The molecule has 2 aromatic heterocycles. The number of benzene rings is 1. The number of sulfonamides is 1. The molecule has 2 heterocycles. The lowest BCUT2D eigenvalue weighted by Gasteiger charge is -2.23. The number of esters is 1. The number of aromatic nitrogens is 6. The Kier molecular flexibility index (Phi) is 10.4. The predicted octanol–water partition coefficient (Wildman–Crippen LogP) is 1.24. The standard InChI is InChI=1S/C26H40N8O6S/c1-25(2,3)39-23(35)17-33-15-20(28-30-33)13-32(12-11-19-7-9-22(10-8-19)41(27,37)38)14-21-16-34(31-29-21)18-24(36)40-26(4,5)6/h7-10,15-16,23,35H,11-14,17-18H2,1-6H3,(H2,27,37,38). The van der Waals surface area contributed by atoms with Crippen LogP contribution in [0.2, 0.25) is 0 Å². The Hall–Kier alpha value is -3.24. The van der Waals surface area contributed by atoms with E-state index in [0.717, 1.165) is 5.56 Å². The SMILES string of the molecule is CC(C)(C)OC(=O)Cn1cc(CN(CCc2ccc(S(N)(=O)=O)cc2)Cc2cn(CC(O)OC(C)(C)C)nn2)nn1. The number of nitrogens with zero attached hydrogens (tertiary/aromatic N) is 7. The fourth-order valence-electron chi connectivity index (χ4n) is 3.91. The summed E-state index contributed by atoms with van der Waals surface area (Å²) in [5, 5.41) is 32.0. The highest BCUT2D eigenvalue weighted by Crippen LogP contribution is 2.14. The van der Waals surface area contributed by atoms with Crippen LogP contribution in [0.5, 0.6) is 0 Å². The Morgan fingerprint density at radius 2 is 1.54 bits per heavy atom. The van der Waals surface area contributed by atoms with Crippen LogP contribution in [-0.4, -0.2) is 78.4 Å². The van der Waals surface area contributed by atoms with E-state index in [1.807, 2.05) is 20.8 Å². The molecule has 0 aliphatic rings. The maximum Gasteiger partial charge on any atom is 0.328 e. The van der Waals surface area contributed by atoms with E-state index >= 15 is 0 Å². The molecule has 1 atom stereocenters. The van der Waals surface area contributed by atoms with Crippen molar-refractivity contribution in [2.24, 2.45) is 5.14 Å². The van der Waals surface area contributed by atoms with Crippen molar-refractivity contribution in [1.29, 1.82) is 0 Å². The third kappa shape index (κ3) is 11.6. The van der Waals surface area contributed by atoms with E-state index in [9.17, 15) is 18.3 Å². The number of carbonyl (C=O) groups excluding carboxylic acids is 1. The molecule has 0 saturated carbocycles. The summed E-state index contributed by atoms with van der Waals surface area (Å²) in [5.74, 6) is -0.414. The smallest absolute Gasteiger partial charge is 0.328 e. The molecule has 0 bridgehead atoms. The average Bonchev–Trinajstić information content (AvgIpc) is 3.43. The van der Waals surface area contributed by atoms with Crippen LogP contribution < -0.4 is 5.14 Å². The number of hydrogen-bond acceptors (Lipinski definition) is 11. The molecule has 1 unspecified atom stereocenters. The second-order valence-electron chi connectivity index (χ2n) is 11.8. The fraction of sp³-hybridized carbons (Fsp3) is 0.577. The van der Waals surface area contributed by atoms with Gasteiger partial charge in [0.05, 0.1) is 34.6 Å². The molecular formula is C26H40N8O6S. The van der Waals surface area contributed by atoms with Gasteiger partial charge >= 0.3 is 5.97 Å². The zero-order valence-corrected chi connectivity index (χ0v) is 25.2. The number of aliphatic hydroxyl groups excluding tert-OH is 1. The minimum Gasteiger partial charge on any atom is -0.459 e. The van der Waals surface area contributed by atoms with E-state index in [1.54, 1.807) is 45.3 Å². The van der Waals surface area contributed by atoms with Crippen molar-refractivity contribution in [3.8, 4) is 0 Å². The van der Waals surface area contributed by atoms with Gasteiger partial charge in [-0.05, 0) is 65.7 Å². The summed E-state index contributed by atoms with van der Waals surface area (Å²) in [6.07, 6.45) is 2.99. The highest BCUT2D eigenvalue weighted by atomic mass is 32.2. The van der Waals surface area contributed by atoms with Crippen LogP contribution in [0.3, 0.4) is 0 Å². The summed E-state index contributed by atoms with van der Waals surface area (Å²) in [7, 11) is -3.77. The summed E-state index contributed by atoms with van der Waals surface area (Å²) < 4.78 is 37.0. The average molecular weight is 593 g/mol. The number of ether oxygens (including phenoxy) is 2. The first-order chi connectivity index (χ1) is 18.9. The Bertz CT molecular complexity index is 1390. The quantitative estimate of drug-likeness (QED) is 0.215. The molecule has 0 amide bonds. The summed E-state index contributed by atoms with van der Waals surface area (Å²) in [4.78, 5) is 14.3. The third-order valence-corrected chi connectivity index (χ3v) is 6.39. The first-order valence-electron chi connectivity index (χ1n) is 13.1. The van der Waals surface area contributed by atoms with E-state index < -0.39 is 33.5 Å². The lowest BCUT2D eigenvalue weighted by molar-refractivity contribution is -0.172. The second kappa shape index (κ2) is 13.2. The number of hydrogen-bond donors (Lipinski definition) is 2. The molecule has 0 radical (unpaired) electrons. The lowest BCUT2D eigenvalue weighted by Crippen LogP contribution is -2.30. The van der Waals surface area contributed by atoms with Crippen LogP contribution >= 0.6 is 0 Å². The normalized spacial score (nSPS) is 13.5. The third-order valence-electron chi connectivity index (χ3n) is 5.46. The monoisotopic (exact) mass is 592 g/mol. The van der Waals surface area contributed by atoms with Crippen molar-refractivity contribution in [2.75, 3.05) is 6.54 Å². The summed E-state index contributed by atoms with van der Waals surface area (Å²) in [6, 6.07) is 6.41. The molecular weight excluding hydrogens is 552 g/mol. The fourth-order valence-corrected chi connectivity index (χ4v) is 4.42. The van der Waals surface area contributed by atoms with Gasteiger partial charge in [-0.2, -0.15) is 0 Å². The van der Waals surface area contributed by atoms with E-state index in [2.05, 4.69) is 25.5 Å². The van der Waals surface area contributed by atoms with Gasteiger partial charge in [0.15, 0.2) is 6.29 Å². The van der Waals surface area contributed by atoms with Gasteiger partial charge in [-0.15, -0.1) is 10.2 Å². The van der Waals surface area contributed by atoms with E-state index in [4.69, 9.17) is 14.6 Å². The molecule has 0 spiro atoms. The van der Waals surface area contributed by atoms with Crippen LogP contribution in [0.1, 0.15) is 58.5 Å². The highest BCUT2D eigenvalue weighted by Gasteiger charge is 2.20. The zero-order valence-electron chi connectivity index (χ0n) is 24.4. The van der Waals surface area contributed by atoms with E-state index in [-0.39, 0.29) is 18.0 Å². The number of nitrogens with two attached hydrogens (primary N) is 1. The summed E-state index contributed by atoms with van der Waals surface area (Å²) >= 11 is 0. The predicted molar refractivity (Wildman–Crippen MR) is 148 cm³/mol. The Labute approximate surface area is 240 Å². The van der Waals surface area contributed by atoms with E-state index in [1.165, 1.54) is 21.5 Å². The molecule has 15 heteroatoms. The number of rotatable bonds is 13. The van der Waals surface area contributed by atoms with Crippen LogP contribution in [0, 0.1) is 0 Å². The molecule has 0 fully saturated rings. The number of carbonyl (C=O) groups is 1. The molecule has 0 aliphatic heterocycles. The molecule has 14 nitrogen and oxygen atoms in total. The van der Waals surface area contributed by atoms with Crippen LogP contribution in [0.15, 0.2) is 41.6 Å². The number of primary sulfonamides is 1. The minimum atomic E-state index is -3.77. The highest BCUT2D eigenvalue weighted by molar-refractivity contribution is 7.89. The Balaban J connectivity index is 1.70. The van der Waals surface area contributed by atoms with Gasteiger partial charge in [-0.3, -0.25) is 9.69 Å². The van der Waals surface area contributed by atoms with Gasteiger partial charge in [0, 0.05) is 25.8 Å². The van der Waals surface area contributed by atoms with E-state index in [0.29, 0.717) is 37.4 Å². The maximum absolute atomic E-state index is 12.2. The van der Waals surface area contributed by atoms with Crippen LogP contribution in [0.25, 0.3) is 0 Å². The summed E-state index contributed by atoms with van der Waals surface area (Å²) in [5.41, 5.74) is 1.11. The van der Waals surface area contributed by atoms with Crippen molar-refractivity contribution in [2.45, 2.75) is 96.5 Å². The van der Waals surface area contributed by atoms with Gasteiger partial charge in [-0.25, -0.2) is 22.9 Å². The molecule has 0 saturated heterocycles.